The molecule has 0 spiro atoms. The van der Waals surface area contributed by atoms with Crippen molar-refractivity contribution in [1.82, 2.24) is 5.16 Å². The maximum absolute atomic E-state index is 12.4. The average Bonchev–Trinajstić information content (AvgIpc) is 2.80. The molecule has 1 aliphatic rings. The number of hydrogen-bond donors (Lipinski definition) is 0. The average molecular weight is 366 g/mol. The van der Waals surface area contributed by atoms with E-state index in [0.717, 1.165) is 12.0 Å². The maximum Gasteiger partial charge on any atom is 0.344 e. The van der Waals surface area contributed by atoms with E-state index in [0.29, 0.717) is 46.8 Å². The minimum atomic E-state index is -0.467. The number of rotatable bonds is 4. The maximum atomic E-state index is 12.4. The van der Waals surface area contributed by atoms with Crippen LogP contribution in [0.2, 0.25) is 5.02 Å². The fourth-order valence-electron chi connectivity index (χ4n) is 2.62. The molecule has 0 saturated carbocycles. The van der Waals surface area contributed by atoms with E-state index < -0.39 is 5.97 Å². The van der Waals surface area contributed by atoms with Crippen LogP contribution in [0.5, 0.6) is 11.5 Å². The zero-order valence-corrected chi connectivity index (χ0v) is 15.2. The van der Waals surface area contributed by atoms with Gasteiger partial charge in [-0.25, -0.2) is 4.79 Å². The smallest absolute Gasteiger partial charge is 0.344 e. The summed E-state index contributed by atoms with van der Waals surface area (Å²) in [7, 11) is 0. The molecule has 1 aromatic carbocycles. The molecule has 0 fully saturated rings. The van der Waals surface area contributed by atoms with E-state index >= 15 is 0 Å². The van der Waals surface area contributed by atoms with Crippen LogP contribution in [0.15, 0.2) is 16.7 Å². The Kier molecular flexibility index (Phi) is 5.18. The highest BCUT2D eigenvalue weighted by Crippen LogP contribution is 2.38. The lowest BCUT2D eigenvalue weighted by molar-refractivity contribution is 0.0468. The number of esters is 1. The minimum absolute atomic E-state index is 0.0382. The second kappa shape index (κ2) is 7.35. The topological polar surface area (TPSA) is 70.8 Å². The lowest BCUT2D eigenvalue weighted by Gasteiger charge is -2.12. The molecule has 1 aromatic heterocycles. The second-order valence-corrected chi connectivity index (χ2v) is 6.60. The first kappa shape index (κ1) is 17.6. The molecule has 0 amide bonds. The zero-order valence-electron chi connectivity index (χ0n) is 14.4. The molecule has 6 nitrogen and oxygen atoms in total. The van der Waals surface area contributed by atoms with E-state index in [-0.39, 0.29) is 12.5 Å². The fourth-order valence-corrected chi connectivity index (χ4v) is 2.91. The number of aryl methyl sites for hydroxylation is 1. The Hall–Kier alpha value is -2.21. The van der Waals surface area contributed by atoms with E-state index in [1.54, 1.807) is 19.1 Å². The summed E-state index contributed by atoms with van der Waals surface area (Å²) in [5.41, 5.74) is 1.63. The highest BCUT2D eigenvalue weighted by atomic mass is 35.5. The summed E-state index contributed by atoms with van der Waals surface area (Å²) in [4.78, 5) is 12.4. The number of aromatic nitrogens is 1. The van der Waals surface area contributed by atoms with Gasteiger partial charge in [0.1, 0.15) is 12.2 Å². The standard InChI is InChI=1S/C18H20ClNO5/c1-10(2)16-15(11(3)20-25-16)18(21)24-9-12-7-13(19)17-14(8-12)22-5-4-6-23-17/h7-8,10H,4-6,9H2,1-3H3. The Labute approximate surface area is 151 Å². The fraction of sp³-hybridized carbons (Fsp3) is 0.444. The predicted octanol–water partition coefficient (Wildman–Crippen LogP) is 4.28. The van der Waals surface area contributed by atoms with Crippen molar-refractivity contribution in [1.29, 1.82) is 0 Å². The van der Waals surface area contributed by atoms with Crippen molar-refractivity contribution in [2.45, 2.75) is 39.7 Å². The van der Waals surface area contributed by atoms with Crippen molar-refractivity contribution >= 4 is 17.6 Å². The van der Waals surface area contributed by atoms with Crippen LogP contribution in [0.1, 0.15) is 53.6 Å². The van der Waals surface area contributed by atoms with Crippen LogP contribution >= 0.6 is 11.6 Å². The molecule has 1 aliphatic heterocycles. The van der Waals surface area contributed by atoms with Gasteiger partial charge in [-0.1, -0.05) is 30.6 Å². The third kappa shape index (κ3) is 3.74. The molecule has 0 aliphatic carbocycles. The molecule has 3 rings (SSSR count). The zero-order chi connectivity index (χ0) is 18.0. The summed E-state index contributed by atoms with van der Waals surface area (Å²) in [5.74, 6) is 1.20. The number of nitrogens with zero attached hydrogens (tertiary/aromatic N) is 1. The van der Waals surface area contributed by atoms with Gasteiger partial charge in [0.05, 0.1) is 23.9 Å². The van der Waals surface area contributed by atoms with Crippen LogP contribution in [0.4, 0.5) is 0 Å². The molecule has 134 valence electrons. The first-order chi connectivity index (χ1) is 12.0. The van der Waals surface area contributed by atoms with Crippen LogP contribution in [0.25, 0.3) is 0 Å². The molecule has 0 atom stereocenters. The molecule has 2 heterocycles. The summed E-state index contributed by atoms with van der Waals surface area (Å²) < 4.78 is 21.9. The normalized spacial score (nSPS) is 13.6. The van der Waals surface area contributed by atoms with Crippen LogP contribution in [0, 0.1) is 6.92 Å². The lowest BCUT2D eigenvalue weighted by atomic mass is 10.1. The summed E-state index contributed by atoms with van der Waals surface area (Å²) in [5, 5.41) is 4.30. The van der Waals surface area contributed by atoms with Crippen LogP contribution in [-0.2, 0) is 11.3 Å². The number of hydrogen-bond acceptors (Lipinski definition) is 6. The van der Waals surface area contributed by atoms with Gasteiger partial charge in [-0.2, -0.15) is 0 Å². The molecule has 25 heavy (non-hydrogen) atoms. The SMILES string of the molecule is Cc1noc(C(C)C)c1C(=O)OCc1cc(Cl)c2c(c1)OCCCO2. The summed E-state index contributed by atoms with van der Waals surface area (Å²) >= 11 is 6.26. The lowest BCUT2D eigenvalue weighted by Crippen LogP contribution is -2.09. The third-order valence-electron chi connectivity index (χ3n) is 3.85. The van der Waals surface area contributed by atoms with Crippen LogP contribution in [-0.4, -0.2) is 24.3 Å². The Balaban J connectivity index is 1.76. The monoisotopic (exact) mass is 365 g/mol. The van der Waals surface area contributed by atoms with Gasteiger partial charge in [-0.05, 0) is 24.6 Å². The molecular formula is C18H20ClNO5. The van der Waals surface area contributed by atoms with Gasteiger partial charge in [0, 0.05) is 12.3 Å². The highest BCUT2D eigenvalue weighted by molar-refractivity contribution is 6.32. The van der Waals surface area contributed by atoms with Gasteiger partial charge in [0.25, 0.3) is 0 Å². The van der Waals surface area contributed by atoms with E-state index in [2.05, 4.69) is 5.16 Å². The first-order valence-electron chi connectivity index (χ1n) is 8.18. The number of carbonyl (C=O) groups excluding carboxylic acids is 1. The van der Waals surface area contributed by atoms with Gasteiger partial charge < -0.3 is 18.7 Å². The Morgan fingerprint density at radius 3 is 2.84 bits per heavy atom. The molecule has 0 N–H and O–H groups in total. The van der Waals surface area contributed by atoms with Crippen LogP contribution < -0.4 is 9.47 Å². The minimum Gasteiger partial charge on any atom is -0.489 e. The largest absolute Gasteiger partial charge is 0.489 e. The predicted molar refractivity (Wildman–Crippen MR) is 91.5 cm³/mol. The summed E-state index contributed by atoms with van der Waals surface area (Å²) in [6, 6.07) is 3.50. The molecule has 2 aromatic rings. The molecule has 7 heteroatoms. The molecular weight excluding hydrogens is 346 g/mol. The number of halogens is 1. The number of benzene rings is 1. The third-order valence-corrected chi connectivity index (χ3v) is 4.13. The van der Waals surface area contributed by atoms with E-state index in [9.17, 15) is 4.79 Å². The van der Waals surface area contributed by atoms with Crippen molar-refractivity contribution in [2.75, 3.05) is 13.2 Å². The van der Waals surface area contributed by atoms with Gasteiger partial charge >= 0.3 is 5.97 Å². The number of fused-ring (bicyclic) bond motifs is 1. The van der Waals surface area contributed by atoms with Gasteiger partial charge in [0.2, 0.25) is 0 Å². The van der Waals surface area contributed by atoms with Gasteiger partial charge in [0.15, 0.2) is 17.3 Å². The van der Waals surface area contributed by atoms with Crippen molar-refractivity contribution in [3.8, 4) is 11.5 Å². The van der Waals surface area contributed by atoms with Gasteiger partial charge in [-0.3, -0.25) is 0 Å². The van der Waals surface area contributed by atoms with Crippen LogP contribution in [0.3, 0.4) is 0 Å². The molecule has 0 saturated heterocycles. The summed E-state index contributed by atoms with van der Waals surface area (Å²) in [6.07, 6.45) is 0.792. The Morgan fingerprint density at radius 2 is 2.08 bits per heavy atom. The van der Waals surface area contributed by atoms with Gasteiger partial charge in [-0.15, -0.1) is 0 Å². The molecule has 0 bridgehead atoms. The van der Waals surface area contributed by atoms with Crippen molar-refractivity contribution in [3.63, 3.8) is 0 Å². The first-order valence-corrected chi connectivity index (χ1v) is 8.56. The van der Waals surface area contributed by atoms with E-state index in [4.69, 9.17) is 30.3 Å². The second-order valence-electron chi connectivity index (χ2n) is 6.19. The van der Waals surface area contributed by atoms with Crippen molar-refractivity contribution in [2.24, 2.45) is 0 Å². The van der Waals surface area contributed by atoms with E-state index in [1.165, 1.54) is 0 Å². The summed E-state index contributed by atoms with van der Waals surface area (Å²) in [6.45, 7) is 6.77. The Bertz CT molecular complexity index is 784. The number of carbonyl (C=O) groups is 1. The molecule has 0 radical (unpaired) electrons. The highest BCUT2D eigenvalue weighted by Gasteiger charge is 2.24. The molecule has 0 unspecified atom stereocenters. The Morgan fingerprint density at radius 1 is 1.32 bits per heavy atom. The quantitative estimate of drug-likeness (QED) is 0.753. The van der Waals surface area contributed by atoms with Crippen molar-refractivity contribution in [3.05, 3.63) is 39.7 Å². The number of ether oxygens (including phenoxy) is 3. The van der Waals surface area contributed by atoms with Crippen molar-refractivity contribution < 1.29 is 23.5 Å². The van der Waals surface area contributed by atoms with E-state index in [1.807, 2.05) is 13.8 Å².